The highest BCUT2D eigenvalue weighted by atomic mass is 16.5. The van der Waals surface area contributed by atoms with Gasteiger partial charge in [0, 0.05) is 35.9 Å². The first-order valence-corrected chi connectivity index (χ1v) is 8.34. The van der Waals surface area contributed by atoms with Crippen molar-refractivity contribution in [2.24, 2.45) is 7.05 Å². The summed E-state index contributed by atoms with van der Waals surface area (Å²) in [5.41, 5.74) is 2.36. The van der Waals surface area contributed by atoms with Crippen molar-refractivity contribution >= 4 is 27.9 Å². The molecule has 0 fully saturated rings. The molecule has 0 amide bonds. The summed E-state index contributed by atoms with van der Waals surface area (Å²) in [6.07, 6.45) is 3.43. The standard InChI is InChI=1S/C20H17N3O3/c1-3-26-20(25)16-17(14-11-22-15-9-5-4-7-12(14)15)23(2)19-13(18(16)24)8-6-10-21-19/h4-11,22H,3H2,1-2H3. The van der Waals surface area contributed by atoms with Crippen LogP contribution in [0.25, 0.3) is 33.2 Å². The molecule has 0 aliphatic rings. The molecule has 0 radical (unpaired) electrons. The number of ether oxygens (including phenoxy) is 1. The normalized spacial score (nSPS) is 11.2. The molecule has 0 spiro atoms. The molecule has 0 saturated heterocycles. The van der Waals surface area contributed by atoms with Gasteiger partial charge in [0.25, 0.3) is 0 Å². The number of pyridine rings is 2. The molecule has 4 rings (SSSR count). The van der Waals surface area contributed by atoms with Crippen molar-refractivity contribution in [2.45, 2.75) is 6.92 Å². The zero-order valence-corrected chi connectivity index (χ0v) is 14.4. The molecule has 4 aromatic rings. The number of H-pyrrole nitrogens is 1. The summed E-state index contributed by atoms with van der Waals surface area (Å²) in [6.45, 7) is 1.91. The lowest BCUT2D eigenvalue weighted by Crippen LogP contribution is -2.23. The first-order chi connectivity index (χ1) is 12.6. The lowest BCUT2D eigenvalue weighted by molar-refractivity contribution is 0.0525. The number of para-hydroxylation sites is 1. The lowest BCUT2D eigenvalue weighted by Gasteiger charge is -2.15. The van der Waals surface area contributed by atoms with Crippen LogP contribution in [0.15, 0.2) is 53.6 Å². The average molecular weight is 347 g/mol. The molecular weight excluding hydrogens is 330 g/mol. The van der Waals surface area contributed by atoms with E-state index in [1.54, 1.807) is 43.1 Å². The second-order valence-corrected chi connectivity index (χ2v) is 5.95. The highest BCUT2D eigenvalue weighted by Crippen LogP contribution is 2.31. The van der Waals surface area contributed by atoms with Crippen molar-refractivity contribution in [1.82, 2.24) is 14.5 Å². The van der Waals surface area contributed by atoms with Gasteiger partial charge in [-0.25, -0.2) is 9.78 Å². The predicted molar refractivity (Wildman–Crippen MR) is 100 cm³/mol. The van der Waals surface area contributed by atoms with Gasteiger partial charge < -0.3 is 14.3 Å². The third-order valence-corrected chi connectivity index (χ3v) is 4.47. The zero-order chi connectivity index (χ0) is 18.3. The minimum Gasteiger partial charge on any atom is -0.462 e. The van der Waals surface area contributed by atoms with Gasteiger partial charge in [0.05, 0.1) is 17.7 Å². The minimum absolute atomic E-state index is 0.0274. The molecular formula is C20H17N3O3. The summed E-state index contributed by atoms with van der Waals surface area (Å²) in [7, 11) is 1.80. The second kappa shape index (κ2) is 6.15. The van der Waals surface area contributed by atoms with E-state index in [9.17, 15) is 9.59 Å². The van der Waals surface area contributed by atoms with E-state index in [-0.39, 0.29) is 17.6 Å². The number of aromatic amines is 1. The molecule has 0 atom stereocenters. The number of aryl methyl sites for hydroxylation is 1. The van der Waals surface area contributed by atoms with Crippen LogP contribution in [0.3, 0.4) is 0 Å². The van der Waals surface area contributed by atoms with Gasteiger partial charge in [-0.3, -0.25) is 4.79 Å². The molecule has 0 saturated carbocycles. The van der Waals surface area contributed by atoms with Crippen molar-refractivity contribution in [3.05, 3.63) is 64.6 Å². The SMILES string of the molecule is CCOC(=O)c1c(-c2c[nH]c3ccccc23)n(C)c2ncccc2c1=O. The Kier molecular flexibility index (Phi) is 3.80. The molecule has 6 heteroatoms. The maximum atomic E-state index is 13.1. The van der Waals surface area contributed by atoms with E-state index in [0.29, 0.717) is 16.7 Å². The van der Waals surface area contributed by atoms with Crippen LogP contribution in [0.1, 0.15) is 17.3 Å². The molecule has 6 nitrogen and oxygen atoms in total. The number of esters is 1. The van der Waals surface area contributed by atoms with Gasteiger partial charge in [-0.05, 0) is 25.1 Å². The summed E-state index contributed by atoms with van der Waals surface area (Å²) in [4.78, 5) is 33.3. The summed E-state index contributed by atoms with van der Waals surface area (Å²) in [5, 5.41) is 1.31. The smallest absolute Gasteiger partial charge is 0.344 e. The number of nitrogens with one attached hydrogen (secondary N) is 1. The molecule has 0 aliphatic heterocycles. The first-order valence-electron chi connectivity index (χ1n) is 8.34. The van der Waals surface area contributed by atoms with Crippen molar-refractivity contribution in [2.75, 3.05) is 6.61 Å². The Morgan fingerprint density at radius 3 is 2.77 bits per heavy atom. The molecule has 130 valence electrons. The molecule has 0 unspecified atom stereocenters. The third kappa shape index (κ3) is 2.30. The van der Waals surface area contributed by atoms with E-state index in [0.717, 1.165) is 16.5 Å². The Morgan fingerprint density at radius 2 is 1.96 bits per heavy atom. The van der Waals surface area contributed by atoms with Crippen LogP contribution < -0.4 is 5.43 Å². The van der Waals surface area contributed by atoms with Crippen LogP contribution in [-0.2, 0) is 11.8 Å². The van der Waals surface area contributed by atoms with Gasteiger partial charge in [-0.15, -0.1) is 0 Å². The van der Waals surface area contributed by atoms with Gasteiger partial charge in [-0.2, -0.15) is 0 Å². The molecule has 1 N–H and O–H groups in total. The van der Waals surface area contributed by atoms with E-state index >= 15 is 0 Å². The lowest BCUT2D eigenvalue weighted by atomic mass is 10.0. The highest BCUT2D eigenvalue weighted by Gasteiger charge is 2.25. The third-order valence-electron chi connectivity index (χ3n) is 4.47. The zero-order valence-electron chi connectivity index (χ0n) is 14.4. The minimum atomic E-state index is -0.626. The summed E-state index contributed by atoms with van der Waals surface area (Å²) in [6, 6.07) is 11.1. The van der Waals surface area contributed by atoms with E-state index in [4.69, 9.17) is 4.74 Å². The summed E-state index contributed by atoms with van der Waals surface area (Å²) in [5.74, 6) is -0.626. The molecule has 1 aromatic carbocycles. The number of hydrogen-bond acceptors (Lipinski definition) is 4. The number of fused-ring (bicyclic) bond motifs is 2. The largest absolute Gasteiger partial charge is 0.462 e. The fourth-order valence-electron chi connectivity index (χ4n) is 3.33. The van der Waals surface area contributed by atoms with Crippen LogP contribution >= 0.6 is 0 Å². The topological polar surface area (TPSA) is 77.0 Å². The van der Waals surface area contributed by atoms with Crippen LogP contribution in [0.4, 0.5) is 0 Å². The van der Waals surface area contributed by atoms with Crippen LogP contribution in [-0.4, -0.2) is 27.1 Å². The molecule has 0 aliphatic carbocycles. The number of rotatable bonds is 3. The Bertz CT molecular complexity index is 1200. The van der Waals surface area contributed by atoms with Crippen LogP contribution in [0.5, 0.6) is 0 Å². The van der Waals surface area contributed by atoms with Crippen molar-refractivity contribution in [3.8, 4) is 11.3 Å². The highest BCUT2D eigenvalue weighted by molar-refractivity contribution is 6.05. The number of aromatic nitrogens is 3. The van der Waals surface area contributed by atoms with Gasteiger partial charge in [0.1, 0.15) is 11.2 Å². The number of nitrogens with zero attached hydrogens (tertiary/aromatic N) is 2. The van der Waals surface area contributed by atoms with Crippen LogP contribution in [0, 0.1) is 0 Å². The van der Waals surface area contributed by atoms with E-state index in [1.165, 1.54) is 0 Å². The van der Waals surface area contributed by atoms with Gasteiger partial charge in [0.2, 0.25) is 5.43 Å². The van der Waals surface area contributed by atoms with Gasteiger partial charge in [0.15, 0.2) is 0 Å². The second-order valence-electron chi connectivity index (χ2n) is 5.95. The molecule has 3 aromatic heterocycles. The summed E-state index contributed by atoms with van der Waals surface area (Å²) >= 11 is 0. The number of hydrogen-bond donors (Lipinski definition) is 1. The average Bonchev–Trinajstić information content (AvgIpc) is 3.08. The molecule has 26 heavy (non-hydrogen) atoms. The fraction of sp³-hybridized carbons (Fsp3) is 0.150. The Labute approximate surface area is 149 Å². The molecule has 3 heterocycles. The Morgan fingerprint density at radius 1 is 1.19 bits per heavy atom. The van der Waals surface area contributed by atoms with Crippen molar-refractivity contribution < 1.29 is 9.53 Å². The number of benzene rings is 1. The van der Waals surface area contributed by atoms with E-state index in [1.807, 2.05) is 24.3 Å². The van der Waals surface area contributed by atoms with Crippen LogP contribution in [0.2, 0.25) is 0 Å². The molecule has 0 bridgehead atoms. The number of carbonyl (C=O) groups is 1. The monoisotopic (exact) mass is 347 g/mol. The Hall–Kier alpha value is -3.41. The Balaban J connectivity index is 2.16. The van der Waals surface area contributed by atoms with Crippen molar-refractivity contribution in [3.63, 3.8) is 0 Å². The van der Waals surface area contributed by atoms with E-state index in [2.05, 4.69) is 9.97 Å². The first kappa shape index (κ1) is 16.1. The van der Waals surface area contributed by atoms with Gasteiger partial charge in [-0.1, -0.05) is 18.2 Å². The van der Waals surface area contributed by atoms with E-state index < -0.39 is 5.97 Å². The van der Waals surface area contributed by atoms with Gasteiger partial charge >= 0.3 is 5.97 Å². The summed E-state index contributed by atoms with van der Waals surface area (Å²) < 4.78 is 6.96. The van der Waals surface area contributed by atoms with Crippen molar-refractivity contribution in [1.29, 1.82) is 0 Å². The maximum Gasteiger partial charge on any atom is 0.344 e. The number of carbonyl (C=O) groups excluding carboxylic acids is 1. The quantitative estimate of drug-likeness (QED) is 0.577. The maximum absolute atomic E-state index is 13.1. The fourth-order valence-corrected chi connectivity index (χ4v) is 3.33. The predicted octanol–water partition coefficient (Wildman–Crippen LogP) is 3.26.